The highest BCUT2D eigenvalue weighted by atomic mass is 16.5. The Balaban J connectivity index is 1.64. The summed E-state index contributed by atoms with van der Waals surface area (Å²) in [5.74, 6) is 0.768. The molecular formula is C18H20N2O2. The Labute approximate surface area is 130 Å². The summed E-state index contributed by atoms with van der Waals surface area (Å²) in [6, 6.07) is 15.5. The average Bonchev–Trinajstić information content (AvgIpc) is 3.29. The molecule has 2 aromatic carbocycles. The number of anilines is 1. The summed E-state index contributed by atoms with van der Waals surface area (Å²) in [7, 11) is 1.62. The topological polar surface area (TPSA) is 50.4 Å². The van der Waals surface area contributed by atoms with Gasteiger partial charge in [-0.3, -0.25) is 0 Å². The summed E-state index contributed by atoms with van der Waals surface area (Å²) in [5, 5.41) is 5.96. The second kappa shape index (κ2) is 5.72. The van der Waals surface area contributed by atoms with E-state index in [0.717, 1.165) is 24.3 Å². The van der Waals surface area contributed by atoms with Crippen molar-refractivity contribution in [2.24, 2.45) is 0 Å². The standard InChI is InChI=1S/C18H20N2O2/c1-13-3-5-14(6-4-13)18(11-12-18)20-17(21)19-15-7-9-16(22-2)10-8-15/h3-10H,11-12H2,1-2H3,(H2,19,20,21). The highest BCUT2D eigenvalue weighted by Crippen LogP contribution is 2.45. The van der Waals surface area contributed by atoms with Gasteiger partial charge in [0.05, 0.1) is 12.6 Å². The minimum absolute atomic E-state index is 0.178. The van der Waals surface area contributed by atoms with Crippen LogP contribution in [0.3, 0.4) is 0 Å². The molecule has 0 bridgehead atoms. The molecule has 0 heterocycles. The maximum absolute atomic E-state index is 12.2. The van der Waals surface area contributed by atoms with Crippen molar-refractivity contribution in [3.05, 3.63) is 59.7 Å². The summed E-state index contributed by atoms with van der Waals surface area (Å²) < 4.78 is 5.10. The molecule has 0 atom stereocenters. The van der Waals surface area contributed by atoms with Gasteiger partial charge in [-0.2, -0.15) is 0 Å². The van der Waals surface area contributed by atoms with Gasteiger partial charge in [-0.25, -0.2) is 4.79 Å². The van der Waals surface area contributed by atoms with Crippen LogP contribution >= 0.6 is 0 Å². The maximum atomic E-state index is 12.2. The molecule has 4 heteroatoms. The molecule has 4 nitrogen and oxygen atoms in total. The number of methoxy groups -OCH3 is 1. The molecule has 0 spiro atoms. The van der Waals surface area contributed by atoms with E-state index in [9.17, 15) is 4.79 Å². The van der Waals surface area contributed by atoms with Crippen LogP contribution in [0.4, 0.5) is 10.5 Å². The second-order valence-electron chi connectivity index (χ2n) is 5.76. The van der Waals surface area contributed by atoms with Crippen LogP contribution in [-0.4, -0.2) is 13.1 Å². The number of nitrogens with one attached hydrogen (secondary N) is 2. The van der Waals surface area contributed by atoms with Crippen LogP contribution in [0.2, 0.25) is 0 Å². The van der Waals surface area contributed by atoms with Crippen LogP contribution < -0.4 is 15.4 Å². The Kier molecular flexibility index (Phi) is 3.75. The Morgan fingerprint density at radius 1 is 1.05 bits per heavy atom. The minimum Gasteiger partial charge on any atom is -0.497 e. The second-order valence-corrected chi connectivity index (χ2v) is 5.76. The van der Waals surface area contributed by atoms with Crippen molar-refractivity contribution < 1.29 is 9.53 Å². The number of ether oxygens (including phenoxy) is 1. The van der Waals surface area contributed by atoms with Gasteiger partial charge in [0, 0.05) is 5.69 Å². The number of amides is 2. The van der Waals surface area contributed by atoms with Crippen LogP contribution in [0.15, 0.2) is 48.5 Å². The number of carbonyl (C=O) groups is 1. The molecule has 2 N–H and O–H groups in total. The van der Waals surface area contributed by atoms with E-state index in [1.54, 1.807) is 7.11 Å². The fourth-order valence-corrected chi connectivity index (χ4v) is 2.54. The van der Waals surface area contributed by atoms with E-state index in [0.29, 0.717) is 0 Å². The summed E-state index contributed by atoms with van der Waals surface area (Å²) >= 11 is 0. The van der Waals surface area contributed by atoms with Crippen molar-refractivity contribution in [1.82, 2.24) is 5.32 Å². The van der Waals surface area contributed by atoms with E-state index in [2.05, 4.69) is 41.8 Å². The number of hydrogen-bond donors (Lipinski definition) is 2. The summed E-state index contributed by atoms with van der Waals surface area (Å²) in [4.78, 5) is 12.2. The first-order chi connectivity index (χ1) is 10.6. The number of benzene rings is 2. The zero-order valence-corrected chi connectivity index (χ0v) is 12.8. The van der Waals surface area contributed by atoms with Crippen molar-refractivity contribution in [3.8, 4) is 5.75 Å². The highest BCUT2D eigenvalue weighted by Gasteiger charge is 2.45. The van der Waals surface area contributed by atoms with Crippen LogP contribution in [0.25, 0.3) is 0 Å². The van der Waals surface area contributed by atoms with Crippen molar-refractivity contribution in [3.63, 3.8) is 0 Å². The average molecular weight is 296 g/mol. The number of hydrogen-bond acceptors (Lipinski definition) is 2. The lowest BCUT2D eigenvalue weighted by Crippen LogP contribution is -2.38. The molecule has 1 saturated carbocycles. The van der Waals surface area contributed by atoms with E-state index in [1.165, 1.54) is 11.1 Å². The van der Waals surface area contributed by atoms with Gasteiger partial charge in [0.15, 0.2) is 0 Å². The molecule has 1 fully saturated rings. The SMILES string of the molecule is COc1ccc(NC(=O)NC2(c3ccc(C)cc3)CC2)cc1. The number of carbonyl (C=O) groups excluding carboxylic acids is 1. The molecule has 1 aliphatic rings. The molecular weight excluding hydrogens is 276 g/mol. The van der Waals surface area contributed by atoms with E-state index in [1.807, 2.05) is 24.3 Å². The van der Waals surface area contributed by atoms with Gasteiger partial charge in [-0.1, -0.05) is 29.8 Å². The van der Waals surface area contributed by atoms with Crippen LogP contribution in [0, 0.1) is 6.92 Å². The third-order valence-corrected chi connectivity index (χ3v) is 4.05. The third kappa shape index (κ3) is 3.06. The van der Waals surface area contributed by atoms with E-state index >= 15 is 0 Å². The largest absolute Gasteiger partial charge is 0.497 e. The van der Waals surface area contributed by atoms with Gasteiger partial charge in [-0.15, -0.1) is 0 Å². The Morgan fingerprint density at radius 2 is 1.68 bits per heavy atom. The van der Waals surface area contributed by atoms with Crippen molar-refractivity contribution in [2.75, 3.05) is 12.4 Å². The van der Waals surface area contributed by atoms with Gasteiger partial charge >= 0.3 is 6.03 Å². The van der Waals surface area contributed by atoms with Gasteiger partial charge in [0.25, 0.3) is 0 Å². The molecule has 0 aliphatic heterocycles. The van der Waals surface area contributed by atoms with Gasteiger partial charge in [0.2, 0.25) is 0 Å². The lowest BCUT2D eigenvalue weighted by Gasteiger charge is -2.18. The van der Waals surface area contributed by atoms with Gasteiger partial charge in [0.1, 0.15) is 5.75 Å². The first-order valence-corrected chi connectivity index (χ1v) is 7.42. The quantitative estimate of drug-likeness (QED) is 0.901. The zero-order chi connectivity index (χ0) is 15.6. The molecule has 1 aliphatic carbocycles. The molecule has 0 radical (unpaired) electrons. The first kappa shape index (κ1) is 14.4. The van der Waals surface area contributed by atoms with Gasteiger partial charge in [-0.05, 0) is 49.6 Å². The van der Waals surface area contributed by atoms with Crippen molar-refractivity contribution >= 4 is 11.7 Å². The monoisotopic (exact) mass is 296 g/mol. The van der Waals surface area contributed by atoms with Gasteiger partial charge < -0.3 is 15.4 Å². The first-order valence-electron chi connectivity index (χ1n) is 7.42. The lowest BCUT2D eigenvalue weighted by atomic mass is 10.0. The molecule has 0 saturated heterocycles. The van der Waals surface area contributed by atoms with E-state index in [-0.39, 0.29) is 11.6 Å². The Morgan fingerprint density at radius 3 is 2.23 bits per heavy atom. The van der Waals surface area contributed by atoms with Crippen LogP contribution in [0.5, 0.6) is 5.75 Å². The summed E-state index contributed by atoms with van der Waals surface area (Å²) in [6.07, 6.45) is 1.96. The maximum Gasteiger partial charge on any atom is 0.319 e. The number of rotatable bonds is 4. The molecule has 2 aromatic rings. The Hall–Kier alpha value is -2.49. The number of urea groups is 1. The molecule has 2 amide bonds. The summed E-state index contributed by atoms with van der Waals surface area (Å²) in [5.41, 5.74) is 2.94. The smallest absolute Gasteiger partial charge is 0.319 e. The van der Waals surface area contributed by atoms with E-state index < -0.39 is 0 Å². The predicted octanol–water partition coefficient (Wildman–Crippen LogP) is 3.81. The highest BCUT2D eigenvalue weighted by molar-refractivity contribution is 5.90. The van der Waals surface area contributed by atoms with Crippen LogP contribution in [0.1, 0.15) is 24.0 Å². The molecule has 22 heavy (non-hydrogen) atoms. The molecule has 0 unspecified atom stereocenters. The fourth-order valence-electron chi connectivity index (χ4n) is 2.54. The predicted molar refractivity (Wildman–Crippen MR) is 87.2 cm³/mol. The molecule has 114 valence electrons. The third-order valence-electron chi connectivity index (χ3n) is 4.05. The summed E-state index contributed by atoms with van der Waals surface area (Å²) in [6.45, 7) is 2.06. The van der Waals surface area contributed by atoms with Crippen molar-refractivity contribution in [1.29, 1.82) is 0 Å². The minimum atomic E-state index is -0.204. The number of aryl methyl sites for hydroxylation is 1. The normalized spacial score (nSPS) is 15.0. The molecule has 0 aromatic heterocycles. The molecule has 3 rings (SSSR count). The Bertz CT molecular complexity index is 658. The van der Waals surface area contributed by atoms with Crippen LogP contribution in [-0.2, 0) is 5.54 Å². The van der Waals surface area contributed by atoms with E-state index in [4.69, 9.17) is 4.74 Å². The lowest BCUT2D eigenvalue weighted by molar-refractivity contribution is 0.247. The van der Waals surface area contributed by atoms with Crippen molar-refractivity contribution in [2.45, 2.75) is 25.3 Å². The fraction of sp³-hybridized carbons (Fsp3) is 0.278. The zero-order valence-electron chi connectivity index (χ0n) is 12.8.